The molecule has 0 saturated carbocycles. The van der Waals surface area contributed by atoms with Crippen LogP contribution in [0.2, 0.25) is 0 Å². The summed E-state index contributed by atoms with van der Waals surface area (Å²) >= 11 is 0.963. The maximum Gasteiger partial charge on any atom is 0.434 e. The molecule has 2 heterocycles. The van der Waals surface area contributed by atoms with Gasteiger partial charge in [-0.15, -0.1) is 11.3 Å². The van der Waals surface area contributed by atoms with Gasteiger partial charge in [0.05, 0.1) is 6.54 Å². The summed E-state index contributed by atoms with van der Waals surface area (Å²) < 4.78 is 37.9. The van der Waals surface area contributed by atoms with Gasteiger partial charge in [0.25, 0.3) is 0 Å². The number of aryl methyl sites for hydroxylation is 1. The van der Waals surface area contributed by atoms with E-state index in [1.54, 1.807) is 0 Å². The van der Waals surface area contributed by atoms with Crippen LogP contribution in [0.3, 0.4) is 0 Å². The fourth-order valence-electron chi connectivity index (χ4n) is 2.89. The number of benzene rings is 1. The van der Waals surface area contributed by atoms with Gasteiger partial charge in [0, 0.05) is 35.6 Å². The fourth-order valence-corrected chi connectivity index (χ4v) is 3.61. The zero-order chi connectivity index (χ0) is 20.1. The molecule has 0 saturated heterocycles. The third-order valence-electron chi connectivity index (χ3n) is 4.26. The number of H-pyrrole nitrogens is 1. The highest BCUT2D eigenvalue weighted by atomic mass is 32.1. The Morgan fingerprint density at radius 3 is 2.82 bits per heavy atom. The lowest BCUT2D eigenvalue weighted by atomic mass is 10.1. The quantitative estimate of drug-likeness (QED) is 0.421. The van der Waals surface area contributed by atoms with Gasteiger partial charge in [0.2, 0.25) is 0 Å². The summed E-state index contributed by atoms with van der Waals surface area (Å²) in [6.45, 7) is 5.41. The normalized spacial score (nSPS) is 12.5. The highest BCUT2D eigenvalue weighted by molar-refractivity contribution is 7.09. The standard InChI is InChI=1S/C19H22F3N5S/c1-3-23-18(26-10-16-27-15(11-28-16)19(20,21)22)24-8-7-13-9-25-17-12(2)5-4-6-14(13)17/h4-6,9,11,25H,3,7-8,10H2,1-2H3,(H2,23,24,26). The number of guanidine groups is 1. The monoisotopic (exact) mass is 409 g/mol. The van der Waals surface area contributed by atoms with Gasteiger partial charge in [-0.05, 0) is 31.4 Å². The number of rotatable bonds is 6. The van der Waals surface area contributed by atoms with Crippen molar-refractivity contribution in [2.24, 2.45) is 4.99 Å². The van der Waals surface area contributed by atoms with Crippen molar-refractivity contribution in [1.82, 2.24) is 20.6 Å². The molecule has 150 valence electrons. The predicted octanol–water partition coefficient (Wildman–Crippen LogP) is 4.25. The lowest BCUT2D eigenvalue weighted by molar-refractivity contribution is -0.140. The SMILES string of the molecule is CCNC(=NCc1nc(C(F)(F)F)cs1)NCCc1c[nH]c2c(C)cccc12. The van der Waals surface area contributed by atoms with Crippen molar-refractivity contribution in [2.45, 2.75) is 33.0 Å². The Morgan fingerprint density at radius 2 is 2.11 bits per heavy atom. The topological polar surface area (TPSA) is 65.1 Å². The van der Waals surface area contributed by atoms with Crippen molar-refractivity contribution in [3.63, 3.8) is 0 Å². The molecule has 3 N–H and O–H groups in total. The van der Waals surface area contributed by atoms with Gasteiger partial charge in [-0.25, -0.2) is 9.98 Å². The summed E-state index contributed by atoms with van der Waals surface area (Å²) in [5.41, 5.74) is 2.68. The first-order valence-electron chi connectivity index (χ1n) is 8.98. The molecule has 3 rings (SSSR count). The summed E-state index contributed by atoms with van der Waals surface area (Å²) in [5, 5.41) is 8.88. The van der Waals surface area contributed by atoms with Crippen molar-refractivity contribution < 1.29 is 13.2 Å². The Morgan fingerprint density at radius 1 is 1.29 bits per heavy atom. The predicted molar refractivity (Wildman–Crippen MR) is 107 cm³/mol. The van der Waals surface area contributed by atoms with E-state index in [4.69, 9.17) is 0 Å². The van der Waals surface area contributed by atoms with E-state index in [1.165, 1.54) is 16.5 Å². The van der Waals surface area contributed by atoms with Crippen LogP contribution in [0.15, 0.2) is 34.8 Å². The Hall–Kier alpha value is -2.55. The summed E-state index contributed by atoms with van der Waals surface area (Å²) in [6, 6.07) is 6.20. The van der Waals surface area contributed by atoms with Crippen molar-refractivity contribution >= 4 is 28.2 Å². The van der Waals surface area contributed by atoms with Crippen molar-refractivity contribution in [2.75, 3.05) is 13.1 Å². The molecule has 0 spiro atoms. The van der Waals surface area contributed by atoms with Crippen molar-refractivity contribution in [3.05, 3.63) is 51.6 Å². The van der Waals surface area contributed by atoms with E-state index < -0.39 is 11.9 Å². The fraction of sp³-hybridized carbons (Fsp3) is 0.368. The Labute approximate surface area is 165 Å². The van der Waals surface area contributed by atoms with Gasteiger partial charge in [0.15, 0.2) is 11.7 Å². The molecule has 0 aliphatic heterocycles. The highest BCUT2D eigenvalue weighted by Gasteiger charge is 2.33. The molecule has 1 aromatic carbocycles. The molecular formula is C19H22F3N5S. The molecular weight excluding hydrogens is 387 g/mol. The van der Waals surface area contributed by atoms with Gasteiger partial charge < -0.3 is 15.6 Å². The summed E-state index contributed by atoms with van der Waals surface area (Å²) in [7, 11) is 0. The van der Waals surface area contributed by atoms with Gasteiger partial charge in [-0.2, -0.15) is 13.2 Å². The molecule has 0 radical (unpaired) electrons. The third kappa shape index (κ3) is 4.83. The number of nitrogens with zero attached hydrogens (tertiary/aromatic N) is 2. The number of aliphatic imine (C=N–C) groups is 1. The number of para-hydroxylation sites is 1. The highest BCUT2D eigenvalue weighted by Crippen LogP contribution is 2.30. The number of halogens is 3. The number of thiazole rings is 1. The van der Waals surface area contributed by atoms with Gasteiger partial charge in [-0.1, -0.05) is 18.2 Å². The molecule has 0 unspecified atom stereocenters. The number of hydrogen-bond donors (Lipinski definition) is 3. The van der Waals surface area contributed by atoms with E-state index in [0.717, 1.165) is 28.7 Å². The molecule has 0 aliphatic rings. The first kappa shape index (κ1) is 20.2. The maximum atomic E-state index is 12.6. The van der Waals surface area contributed by atoms with Gasteiger partial charge in [0.1, 0.15) is 5.01 Å². The minimum Gasteiger partial charge on any atom is -0.361 e. The van der Waals surface area contributed by atoms with E-state index >= 15 is 0 Å². The maximum absolute atomic E-state index is 12.6. The molecule has 2 aromatic heterocycles. The first-order chi connectivity index (χ1) is 13.4. The van der Waals surface area contributed by atoms with E-state index in [0.29, 0.717) is 24.1 Å². The lowest BCUT2D eigenvalue weighted by Crippen LogP contribution is -2.38. The zero-order valence-electron chi connectivity index (χ0n) is 15.7. The minimum atomic E-state index is -4.42. The molecule has 28 heavy (non-hydrogen) atoms. The number of nitrogens with one attached hydrogen (secondary N) is 3. The zero-order valence-corrected chi connectivity index (χ0v) is 16.5. The van der Waals surface area contributed by atoms with Crippen LogP contribution in [-0.2, 0) is 19.1 Å². The molecule has 3 aromatic rings. The summed E-state index contributed by atoms with van der Waals surface area (Å²) in [5.74, 6) is 0.558. The van der Waals surface area contributed by atoms with Crippen LogP contribution in [-0.4, -0.2) is 29.0 Å². The smallest absolute Gasteiger partial charge is 0.361 e. The molecule has 0 bridgehead atoms. The van der Waals surface area contributed by atoms with Crippen molar-refractivity contribution in [1.29, 1.82) is 0 Å². The van der Waals surface area contributed by atoms with Crippen LogP contribution in [0.5, 0.6) is 0 Å². The Bertz CT molecular complexity index is 958. The number of aromatic nitrogens is 2. The van der Waals surface area contributed by atoms with E-state index in [9.17, 15) is 13.2 Å². The van der Waals surface area contributed by atoms with Crippen LogP contribution < -0.4 is 10.6 Å². The van der Waals surface area contributed by atoms with Crippen LogP contribution >= 0.6 is 11.3 Å². The molecule has 9 heteroatoms. The van der Waals surface area contributed by atoms with Crippen LogP contribution in [0.1, 0.15) is 28.8 Å². The molecule has 0 amide bonds. The first-order valence-corrected chi connectivity index (χ1v) is 9.85. The molecule has 0 atom stereocenters. The van der Waals surface area contributed by atoms with Gasteiger partial charge >= 0.3 is 6.18 Å². The van der Waals surface area contributed by atoms with Crippen LogP contribution in [0.25, 0.3) is 10.9 Å². The van der Waals surface area contributed by atoms with Crippen LogP contribution in [0, 0.1) is 6.92 Å². The number of fused-ring (bicyclic) bond motifs is 1. The third-order valence-corrected chi connectivity index (χ3v) is 5.09. The molecule has 0 aliphatic carbocycles. The van der Waals surface area contributed by atoms with E-state index in [2.05, 4.69) is 44.7 Å². The average molecular weight is 409 g/mol. The summed E-state index contributed by atoms with van der Waals surface area (Å²) in [6.07, 6.45) is -1.61. The molecule has 0 fully saturated rings. The van der Waals surface area contributed by atoms with Gasteiger partial charge in [-0.3, -0.25) is 0 Å². The largest absolute Gasteiger partial charge is 0.434 e. The van der Waals surface area contributed by atoms with E-state index in [-0.39, 0.29) is 6.54 Å². The lowest BCUT2D eigenvalue weighted by Gasteiger charge is -2.10. The summed E-state index contributed by atoms with van der Waals surface area (Å²) in [4.78, 5) is 11.3. The van der Waals surface area contributed by atoms with E-state index in [1.807, 2.05) is 19.2 Å². The Kier molecular flexibility index (Phi) is 6.23. The van der Waals surface area contributed by atoms with Crippen molar-refractivity contribution in [3.8, 4) is 0 Å². The molecule has 5 nitrogen and oxygen atoms in total. The van der Waals surface area contributed by atoms with Crippen LogP contribution in [0.4, 0.5) is 13.2 Å². The Balaban J connectivity index is 1.60. The number of hydrogen-bond acceptors (Lipinski definition) is 3. The number of aromatic amines is 1. The minimum absolute atomic E-state index is 0.0996. The second kappa shape index (κ2) is 8.64. The second-order valence-electron chi connectivity index (χ2n) is 6.31. The second-order valence-corrected chi connectivity index (χ2v) is 7.25. The average Bonchev–Trinajstić information content (AvgIpc) is 3.27. The number of alkyl halides is 3.